The van der Waals surface area contributed by atoms with Crippen LogP contribution in [0.25, 0.3) is 0 Å². The summed E-state index contributed by atoms with van der Waals surface area (Å²) in [5.74, 6) is -0.268. The van der Waals surface area contributed by atoms with E-state index in [1.165, 1.54) is 39.2 Å². The van der Waals surface area contributed by atoms with E-state index in [-0.39, 0.29) is 22.4 Å². The van der Waals surface area contributed by atoms with E-state index in [1.54, 1.807) is 25.1 Å². The fourth-order valence-electron chi connectivity index (χ4n) is 2.42. The van der Waals surface area contributed by atoms with E-state index in [0.29, 0.717) is 22.7 Å². The summed E-state index contributed by atoms with van der Waals surface area (Å²) in [6, 6.07) is 9.05. The zero-order chi connectivity index (χ0) is 20.2. The average molecular weight is 391 g/mol. The van der Waals surface area contributed by atoms with Gasteiger partial charge in [-0.2, -0.15) is 0 Å². The highest BCUT2D eigenvalue weighted by molar-refractivity contribution is 7.92. The summed E-state index contributed by atoms with van der Waals surface area (Å²) >= 11 is 0. The van der Waals surface area contributed by atoms with Crippen molar-refractivity contribution in [2.75, 3.05) is 22.5 Å². The first-order valence-electron chi connectivity index (χ1n) is 7.99. The van der Waals surface area contributed by atoms with Gasteiger partial charge in [0.2, 0.25) is 11.8 Å². The first-order valence-corrected chi connectivity index (χ1v) is 9.48. The zero-order valence-corrected chi connectivity index (χ0v) is 16.2. The second kappa shape index (κ2) is 8.09. The Balaban J connectivity index is 2.40. The van der Waals surface area contributed by atoms with Gasteiger partial charge in [0.25, 0.3) is 10.0 Å². The summed E-state index contributed by atoms with van der Waals surface area (Å²) in [5, 5.41) is 5.19. The van der Waals surface area contributed by atoms with Crippen LogP contribution in [-0.2, 0) is 19.6 Å². The quantitative estimate of drug-likeness (QED) is 0.701. The smallest absolute Gasteiger partial charge is 0.261 e. The summed E-state index contributed by atoms with van der Waals surface area (Å²) in [5.41, 5.74) is 1.66. The fraction of sp³-hybridized carbons (Fsp3) is 0.222. The van der Waals surface area contributed by atoms with Crippen LogP contribution in [0.5, 0.6) is 5.75 Å². The topological polar surface area (TPSA) is 114 Å². The molecule has 144 valence electrons. The second-order valence-corrected chi connectivity index (χ2v) is 7.49. The monoisotopic (exact) mass is 391 g/mol. The molecule has 0 spiro atoms. The lowest BCUT2D eigenvalue weighted by Crippen LogP contribution is -2.16. The largest absolute Gasteiger partial charge is 0.495 e. The van der Waals surface area contributed by atoms with Crippen molar-refractivity contribution in [1.82, 2.24) is 0 Å². The van der Waals surface area contributed by atoms with E-state index >= 15 is 0 Å². The minimum Gasteiger partial charge on any atom is -0.495 e. The molecule has 27 heavy (non-hydrogen) atoms. The molecule has 0 unspecified atom stereocenters. The second-order valence-electron chi connectivity index (χ2n) is 5.81. The van der Waals surface area contributed by atoms with Crippen molar-refractivity contribution in [3.05, 3.63) is 42.0 Å². The molecule has 0 aliphatic heterocycles. The molecule has 0 aliphatic rings. The van der Waals surface area contributed by atoms with Gasteiger partial charge < -0.3 is 15.4 Å². The third-order valence-electron chi connectivity index (χ3n) is 3.68. The maximum absolute atomic E-state index is 12.8. The van der Waals surface area contributed by atoms with Gasteiger partial charge >= 0.3 is 0 Å². The van der Waals surface area contributed by atoms with Crippen LogP contribution in [0.1, 0.15) is 19.4 Å². The van der Waals surface area contributed by atoms with Gasteiger partial charge in [0.15, 0.2) is 0 Å². The first-order chi connectivity index (χ1) is 12.6. The Hall–Kier alpha value is -3.07. The van der Waals surface area contributed by atoms with Crippen LogP contribution in [0.3, 0.4) is 0 Å². The van der Waals surface area contributed by atoms with Crippen LogP contribution in [0.2, 0.25) is 0 Å². The third kappa shape index (κ3) is 4.98. The highest BCUT2D eigenvalue weighted by Gasteiger charge is 2.19. The van der Waals surface area contributed by atoms with Crippen LogP contribution in [0.15, 0.2) is 41.3 Å². The molecule has 0 fully saturated rings. The minimum atomic E-state index is -3.93. The molecule has 2 rings (SSSR count). The molecule has 2 amide bonds. The summed E-state index contributed by atoms with van der Waals surface area (Å²) in [6.45, 7) is 4.38. The van der Waals surface area contributed by atoms with Gasteiger partial charge in [-0.05, 0) is 42.8 Å². The number of carbonyl (C=O) groups excluding carboxylic acids is 2. The lowest BCUT2D eigenvalue weighted by atomic mass is 10.1. The third-order valence-corrected chi connectivity index (χ3v) is 5.04. The maximum atomic E-state index is 12.8. The number of methoxy groups -OCH3 is 1. The first kappa shape index (κ1) is 20.2. The number of amides is 2. The molecule has 0 atom stereocenters. The van der Waals surface area contributed by atoms with E-state index < -0.39 is 10.0 Å². The number of benzene rings is 2. The molecule has 0 bridgehead atoms. The number of sulfonamides is 1. The average Bonchev–Trinajstić information content (AvgIpc) is 2.57. The Morgan fingerprint density at radius 3 is 2.11 bits per heavy atom. The van der Waals surface area contributed by atoms with Gasteiger partial charge in [-0.25, -0.2) is 8.42 Å². The number of hydrogen-bond acceptors (Lipinski definition) is 5. The van der Waals surface area contributed by atoms with Crippen molar-refractivity contribution in [2.24, 2.45) is 0 Å². The Morgan fingerprint density at radius 1 is 0.926 bits per heavy atom. The lowest BCUT2D eigenvalue weighted by Gasteiger charge is -2.15. The molecule has 0 aromatic heterocycles. The van der Waals surface area contributed by atoms with Crippen molar-refractivity contribution in [1.29, 1.82) is 0 Å². The van der Waals surface area contributed by atoms with Crippen molar-refractivity contribution in [3.63, 3.8) is 0 Å². The molecule has 0 radical (unpaired) electrons. The van der Waals surface area contributed by atoms with E-state index in [0.717, 1.165) is 0 Å². The van der Waals surface area contributed by atoms with E-state index in [1.807, 2.05) is 0 Å². The van der Waals surface area contributed by atoms with Crippen molar-refractivity contribution in [3.8, 4) is 5.75 Å². The Bertz CT molecular complexity index is 986. The van der Waals surface area contributed by atoms with Crippen LogP contribution < -0.4 is 20.1 Å². The van der Waals surface area contributed by atoms with Crippen LogP contribution in [-0.4, -0.2) is 27.3 Å². The number of rotatable bonds is 6. The minimum absolute atomic E-state index is 0.0450. The van der Waals surface area contributed by atoms with Gasteiger partial charge in [0.1, 0.15) is 5.75 Å². The van der Waals surface area contributed by atoms with E-state index in [2.05, 4.69) is 15.4 Å². The molecule has 8 nitrogen and oxygen atoms in total. The maximum Gasteiger partial charge on any atom is 0.261 e. The number of ether oxygens (including phenoxy) is 1. The molecule has 2 aromatic carbocycles. The molecule has 3 N–H and O–H groups in total. The number of anilines is 3. The van der Waals surface area contributed by atoms with Crippen molar-refractivity contribution >= 4 is 38.9 Å². The lowest BCUT2D eigenvalue weighted by molar-refractivity contribution is -0.115. The summed E-state index contributed by atoms with van der Waals surface area (Å²) in [6.07, 6.45) is 0. The predicted molar refractivity (Wildman–Crippen MR) is 104 cm³/mol. The molecule has 0 heterocycles. The van der Waals surface area contributed by atoms with Crippen LogP contribution in [0.4, 0.5) is 17.1 Å². The number of hydrogen-bond donors (Lipinski definition) is 3. The van der Waals surface area contributed by atoms with Crippen molar-refractivity contribution < 1.29 is 22.7 Å². The predicted octanol–water partition coefficient (Wildman–Crippen LogP) is 2.72. The van der Waals surface area contributed by atoms with Gasteiger partial charge in [-0.3, -0.25) is 14.3 Å². The highest BCUT2D eigenvalue weighted by atomic mass is 32.2. The molecular weight excluding hydrogens is 370 g/mol. The number of nitrogens with one attached hydrogen (secondary N) is 3. The van der Waals surface area contributed by atoms with Gasteiger partial charge in [-0.15, -0.1) is 0 Å². The van der Waals surface area contributed by atoms with Gasteiger partial charge in [0, 0.05) is 19.5 Å². The SMILES string of the molecule is COc1ccc(S(=O)(=O)Nc2cccc(NC(C)=O)c2C)cc1NC(C)=O. The molecular formula is C18H21N3O5S. The van der Waals surface area contributed by atoms with Crippen molar-refractivity contribution in [2.45, 2.75) is 25.7 Å². The van der Waals surface area contributed by atoms with Crippen LogP contribution >= 0.6 is 0 Å². The number of carbonyl (C=O) groups is 2. The summed E-state index contributed by atoms with van der Waals surface area (Å²) < 4.78 is 33.2. The molecule has 0 saturated heterocycles. The van der Waals surface area contributed by atoms with E-state index in [4.69, 9.17) is 4.74 Å². The Labute approximate surface area is 158 Å². The summed E-state index contributed by atoms with van der Waals surface area (Å²) in [4.78, 5) is 22.6. The van der Waals surface area contributed by atoms with Crippen LogP contribution in [0, 0.1) is 6.92 Å². The van der Waals surface area contributed by atoms with E-state index in [9.17, 15) is 18.0 Å². The van der Waals surface area contributed by atoms with Gasteiger partial charge in [-0.1, -0.05) is 6.07 Å². The normalized spacial score (nSPS) is 10.8. The Morgan fingerprint density at radius 2 is 1.52 bits per heavy atom. The van der Waals surface area contributed by atoms with Gasteiger partial charge in [0.05, 0.1) is 23.4 Å². The summed E-state index contributed by atoms with van der Waals surface area (Å²) in [7, 11) is -2.51. The zero-order valence-electron chi connectivity index (χ0n) is 15.4. The fourth-order valence-corrected chi connectivity index (χ4v) is 3.57. The Kier molecular flexibility index (Phi) is 6.06. The molecule has 9 heteroatoms. The highest BCUT2D eigenvalue weighted by Crippen LogP contribution is 2.30. The molecule has 0 saturated carbocycles. The standard InChI is InChI=1S/C18H21N3O5S/c1-11-15(19-12(2)22)6-5-7-16(11)21-27(24,25)14-8-9-18(26-4)17(10-14)20-13(3)23/h5-10,21H,1-4H3,(H,19,22)(H,20,23). The molecule has 0 aliphatic carbocycles. The molecule has 2 aromatic rings.